The van der Waals surface area contributed by atoms with Crippen LogP contribution in [0.1, 0.15) is 18.3 Å². The molecule has 144 valence electrons. The van der Waals surface area contributed by atoms with Crippen LogP contribution in [0.25, 0.3) is 22.6 Å². The molecule has 28 heavy (non-hydrogen) atoms. The minimum Gasteiger partial charge on any atom is -0.283 e. The Morgan fingerprint density at radius 3 is 2.57 bits per heavy atom. The Labute approximate surface area is 165 Å². The zero-order chi connectivity index (χ0) is 20.3. The Bertz CT molecular complexity index is 1400. The summed E-state index contributed by atoms with van der Waals surface area (Å²) in [6.07, 6.45) is 0. The van der Waals surface area contributed by atoms with Crippen molar-refractivity contribution in [3.8, 4) is 5.69 Å². The van der Waals surface area contributed by atoms with Gasteiger partial charge in [0.2, 0.25) is 5.78 Å². The fourth-order valence-corrected chi connectivity index (χ4v) is 3.77. The summed E-state index contributed by atoms with van der Waals surface area (Å²) < 4.78 is 6.35. The molecule has 0 radical (unpaired) electrons. The first kappa shape index (κ1) is 18.3. The maximum atomic E-state index is 13.2. The summed E-state index contributed by atoms with van der Waals surface area (Å²) in [5, 5.41) is 0.605. The van der Waals surface area contributed by atoms with Crippen molar-refractivity contribution in [2.24, 2.45) is 7.05 Å². The molecule has 3 heterocycles. The number of allylic oxidation sites excluding steroid dienone is 1. The van der Waals surface area contributed by atoms with Crippen LogP contribution >= 0.6 is 11.6 Å². The molecule has 0 bridgehead atoms. The van der Waals surface area contributed by atoms with E-state index in [9.17, 15) is 9.59 Å². The lowest BCUT2D eigenvalue weighted by Gasteiger charge is -2.08. The van der Waals surface area contributed by atoms with Gasteiger partial charge in [0, 0.05) is 23.5 Å². The summed E-state index contributed by atoms with van der Waals surface area (Å²) >= 11 is 6.18. The average molecular weight is 398 g/mol. The lowest BCUT2D eigenvalue weighted by Crippen LogP contribution is -2.39. The van der Waals surface area contributed by atoms with Crippen LogP contribution in [-0.4, -0.2) is 23.1 Å². The van der Waals surface area contributed by atoms with Gasteiger partial charge in [-0.2, -0.15) is 4.98 Å². The first-order valence-corrected chi connectivity index (χ1v) is 9.20. The number of aromatic nitrogens is 5. The molecule has 0 saturated heterocycles. The first-order valence-electron chi connectivity index (χ1n) is 8.82. The Balaban J connectivity index is 2.20. The summed E-state index contributed by atoms with van der Waals surface area (Å²) in [6.45, 7) is 9.67. The van der Waals surface area contributed by atoms with Crippen molar-refractivity contribution in [1.82, 2.24) is 23.1 Å². The number of rotatable bonds is 3. The maximum Gasteiger partial charge on any atom is 0.332 e. The van der Waals surface area contributed by atoms with Gasteiger partial charge in [-0.15, -0.1) is 0 Å². The zero-order valence-corrected chi connectivity index (χ0v) is 16.9. The van der Waals surface area contributed by atoms with Gasteiger partial charge in [0.25, 0.3) is 5.56 Å². The summed E-state index contributed by atoms with van der Waals surface area (Å²) in [5.74, 6) is 0.562. The third-order valence-corrected chi connectivity index (χ3v) is 5.25. The third kappa shape index (κ3) is 2.46. The van der Waals surface area contributed by atoms with Crippen molar-refractivity contribution < 1.29 is 0 Å². The standard InChI is InChI=1S/C20H20ClN5O2/c1-11(2)10-24-18(27)16-17(23(5)20(24)28)22-19-25(12(3)13(4)26(16)19)15-8-6-7-14(21)9-15/h6-9H,1,10H2,2-5H3. The minimum atomic E-state index is -0.412. The molecule has 0 atom stereocenters. The number of benzene rings is 1. The molecule has 0 N–H and O–H groups in total. The van der Waals surface area contributed by atoms with Gasteiger partial charge < -0.3 is 0 Å². The van der Waals surface area contributed by atoms with Crippen molar-refractivity contribution in [1.29, 1.82) is 0 Å². The molecule has 0 spiro atoms. The number of imidazole rings is 2. The van der Waals surface area contributed by atoms with Crippen LogP contribution in [0.2, 0.25) is 5.02 Å². The highest BCUT2D eigenvalue weighted by atomic mass is 35.5. The minimum absolute atomic E-state index is 0.168. The summed E-state index contributed by atoms with van der Waals surface area (Å²) in [4.78, 5) is 30.5. The Morgan fingerprint density at radius 2 is 1.93 bits per heavy atom. The van der Waals surface area contributed by atoms with E-state index in [1.165, 1.54) is 9.13 Å². The second-order valence-corrected chi connectivity index (χ2v) is 7.53. The molecule has 8 heteroatoms. The molecule has 0 aliphatic heterocycles. The SMILES string of the molecule is C=C(C)Cn1c(=O)c2c(nc3n(-c4cccc(Cl)c4)c(C)c(C)n23)n(C)c1=O. The molecule has 0 aliphatic carbocycles. The Hall–Kier alpha value is -3.06. The normalized spacial score (nSPS) is 11.6. The van der Waals surface area contributed by atoms with Gasteiger partial charge >= 0.3 is 5.69 Å². The van der Waals surface area contributed by atoms with Gasteiger partial charge in [0.1, 0.15) is 0 Å². The maximum absolute atomic E-state index is 13.2. The van der Waals surface area contributed by atoms with Crippen LogP contribution in [0, 0.1) is 13.8 Å². The van der Waals surface area contributed by atoms with Gasteiger partial charge in [0.15, 0.2) is 11.2 Å². The van der Waals surface area contributed by atoms with Gasteiger partial charge in [-0.3, -0.25) is 22.9 Å². The van der Waals surface area contributed by atoms with Gasteiger partial charge in [-0.1, -0.05) is 29.8 Å². The van der Waals surface area contributed by atoms with E-state index in [4.69, 9.17) is 11.6 Å². The Morgan fingerprint density at radius 1 is 1.21 bits per heavy atom. The largest absolute Gasteiger partial charge is 0.332 e. The van der Waals surface area contributed by atoms with E-state index in [1.807, 2.05) is 41.0 Å². The molecule has 4 rings (SSSR count). The fraction of sp³-hybridized carbons (Fsp3) is 0.250. The molecule has 4 aromatic rings. The van der Waals surface area contributed by atoms with Crippen LogP contribution in [0.5, 0.6) is 0 Å². The van der Waals surface area contributed by atoms with Crippen molar-refractivity contribution in [2.75, 3.05) is 0 Å². The fourth-order valence-electron chi connectivity index (χ4n) is 3.58. The first-order chi connectivity index (χ1) is 13.2. The second-order valence-electron chi connectivity index (χ2n) is 7.10. The topological polar surface area (TPSA) is 66.2 Å². The van der Waals surface area contributed by atoms with Gasteiger partial charge in [-0.25, -0.2) is 4.79 Å². The molecule has 0 unspecified atom stereocenters. The highest BCUT2D eigenvalue weighted by Crippen LogP contribution is 2.25. The van der Waals surface area contributed by atoms with E-state index < -0.39 is 5.69 Å². The van der Waals surface area contributed by atoms with Crippen molar-refractivity contribution in [3.05, 3.63) is 73.7 Å². The van der Waals surface area contributed by atoms with E-state index >= 15 is 0 Å². The van der Waals surface area contributed by atoms with E-state index in [0.717, 1.165) is 22.6 Å². The molecule has 0 fully saturated rings. The van der Waals surface area contributed by atoms with Crippen LogP contribution in [0.15, 0.2) is 46.0 Å². The van der Waals surface area contributed by atoms with E-state index in [1.54, 1.807) is 20.0 Å². The molecule has 0 saturated carbocycles. The van der Waals surface area contributed by atoms with Crippen molar-refractivity contribution in [3.63, 3.8) is 0 Å². The van der Waals surface area contributed by atoms with Gasteiger partial charge in [0.05, 0.1) is 12.2 Å². The van der Waals surface area contributed by atoms with E-state index in [-0.39, 0.29) is 12.1 Å². The van der Waals surface area contributed by atoms with Crippen LogP contribution in [0.4, 0.5) is 0 Å². The smallest absolute Gasteiger partial charge is 0.283 e. The lowest BCUT2D eigenvalue weighted by atomic mass is 10.3. The number of nitrogens with zero attached hydrogens (tertiary/aromatic N) is 5. The van der Waals surface area contributed by atoms with Gasteiger partial charge in [-0.05, 0) is 39.0 Å². The predicted octanol–water partition coefficient (Wildman–Crippen LogP) is 2.98. The molecule has 3 aromatic heterocycles. The number of hydrogen-bond acceptors (Lipinski definition) is 3. The summed E-state index contributed by atoms with van der Waals surface area (Å²) in [5.41, 5.74) is 3.31. The number of fused-ring (bicyclic) bond motifs is 3. The van der Waals surface area contributed by atoms with E-state index in [2.05, 4.69) is 11.6 Å². The molecule has 7 nitrogen and oxygen atoms in total. The zero-order valence-electron chi connectivity index (χ0n) is 16.2. The molecular weight excluding hydrogens is 378 g/mol. The number of halogens is 1. The quantitative estimate of drug-likeness (QED) is 0.499. The number of hydrogen-bond donors (Lipinski definition) is 0. The van der Waals surface area contributed by atoms with Crippen LogP contribution < -0.4 is 11.2 Å². The summed E-state index contributed by atoms with van der Waals surface area (Å²) in [6, 6.07) is 7.43. The second kappa shape index (κ2) is 6.24. The lowest BCUT2D eigenvalue weighted by molar-refractivity contribution is 0.651. The summed E-state index contributed by atoms with van der Waals surface area (Å²) in [7, 11) is 1.62. The van der Waals surface area contributed by atoms with E-state index in [0.29, 0.717) is 22.0 Å². The van der Waals surface area contributed by atoms with Crippen molar-refractivity contribution in [2.45, 2.75) is 27.3 Å². The van der Waals surface area contributed by atoms with Crippen LogP contribution in [0.3, 0.4) is 0 Å². The predicted molar refractivity (Wildman–Crippen MR) is 111 cm³/mol. The van der Waals surface area contributed by atoms with Crippen molar-refractivity contribution >= 4 is 28.5 Å². The molecular formula is C20H20ClN5O2. The average Bonchev–Trinajstić information content (AvgIpc) is 3.13. The Kier molecular flexibility index (Phi) is 4.08. The molecule has 0 amide bonds. The number of aryl methyl sites for hydroxylation is 2. The molecule has 0 aliphatic rings. The highest BCUT2D eigenvalue weighted by Gasteiger charge is 2.23. The highest BCUT2D eigenvalue weighted by molar-refractivity contribution is 6.30. The monoisotopic (exact) mass is 397 g/mol. The molecule has 1 aromatic carbocycles. The third-order valence-electron chi connectivity index (χ3n) is 5.01. The van der Waals surface area contributed by atoms with Crippen LogP contribution in [-0.2, 0) is 13.6 Å².